The van der Waals surface area contributed by atoms with Crippen LogP contribution in [0.15, 0.2) is 71.2 Å². The highest BCUT2D eigenvalue weighted by molar-refractivity contribution is 9.10. The first-order chi connectivity index (χ1) is 12.2. The molecule has 2 N–H and O–H groups in total. The van der Waals surface area contributed by atoms with Gasteiger partial charge < -0.3 is 10.6 Å². The molecule has 0 unspecified atom stereocenters. The van der Waals surface area contributed by atoms with Crippen LogP contribution in [0.5, 0.6) is 0 Å². The van der Waals surface area contributed by atoms with Crippen LogP contribution < -0.4 is 10.6 Å². The van der Waals surface area contributed by atoms with Crippen LogP contribution in [-0.4, -0.2) is 22.6 Å². The number of benzene rings is 2. The van der Waals surface area contributed by atoms with E-state index in [-0.39, 0.29) is 5.91 Å². The lowest BCUT2D eigenvalue weighted by Crippen LogP contribution is -2.26. The molecule has 0 radical (unpaired) electrons. The monoisotopic (exact) mass is 396 g/mol. The van der Waals surface area contributed by atoms with E-state index in [1.807, 2.05) is 54.6 Å². The van der Waals surface area contributed by atoms with Crippen LogP contribution in [0.1, 0.15) is 16.1 Å². The van der Waals surface area contributed by atoms with E-state index in [4.69, 9.17) is 0 Å². The van der Waals surface area contributed by atoms with Gasteiger partial charge >= 0.3 is 0 Å². The fraction of sp³-hybridized carbons (Fsp3) is 0.105. The maximum Gasteiger partial charge on any atom is 0.271 e. The number of amides is 1. The van der Waals surface area contributed by atoms with Crippen molar-refractivity contribution in [2.45, 2.75) is 6.42 Å². The fourth-order valence-electron chi connectivity index (χ4n) is 2.26. The van der Waals surface area contributed by atoms with E-state index in [0.29, 0.717) is 18.1 Å². The lowest BCUT2D eigenvalue weighted by molar-refractivity contribution is 0.0948. The van der Waals surface area contributed by atoms with Crippen LogP contribution in [0.4, 0.5) is 11.5 Å². The Morgan fingerprint density at radius 1 is 0.920 bits per heavy atom. The largest absolute Gasteiger partial charge is 0.350 e. The van der Waals surface area contributed by atoms with Crippen molar-refractivity contribution >= 4 is 33.3 Å². The fourth-order valence-corrected chi connectivity index (χ4v) is 2.52. The molecule has 0 saturated carbocycles. The minimum absolute atomic E-state index is 0.223. The first kappa shape index (κ1) is 17.1. The summed E-state index contributed by atoms with van der Waals surface area (Å²) < 4.78 is 1.01. The summed E-state index contributed by atoms with van der Waals surface area (Å²) in [5, 5.41) is 14.0. The number of hydrogen-bond acceptors (Lipinski definition) is 4. The van der Waals surface area contributed by atoms with E-state index in [1.54, 1.807) is 12.1 Å². The summed E-state index contributed by atoms with van der Waals surface area (Å²) in [6.45, 7) is 0.559. The number of rotatable bonds is 6. The summed E-state index contributed by atoms with van der Waals surface area (Å²) in [6.07, 6.45) is 0.781. The first-order valence-electron chi connectivity index (χ1n) is 7.89. The summed E-state index contributed by atoms with van der Waals surface area (Å²) in [5.41, 5.74) is 2.38. The van der Waals surface area contributed by atoms with Crippen molar-refractivity contribution < 1.29 is 4.79 Å². The molecular weight excluding hydrogens is 380 g/mol. The maximum atomic E-state index is 12.1. The molecule has 0 fully saturated rings. The van der Waals surface area contributed by atoms with Crippen molar-refractivity contribution in [1.29, 1.82) is 0 Å². The van der Waals surface area contributed by atoms with Crippen molar-refractivity contribution in [3.63, 3.8) is 0 Å². The molecule has 3 aromatic rings. The van der Waals surface area contributed by atoms with Crippen LogP contribution in [0, 0.1) is 0 Å². The molecule has 0 atom stereocenters. The van der Waals surface area contributed by atoms with Gasteiger partial charge in [0.05, 0.1) is 0 Å². The van der Waals surface area contributed by atoms with E-state index in [2.05, 4.69) is 36.8 Å². The van der Waals surface area contributed by atoms with Gasteiger partial charge in [-0.2, -0.15) is 0 Å². The highest BCUT2D eigenvalue weighted by Crippen LogP contribution is 2.17. The second-order valence-electron chi connectivity index (χ2n) is 5.43. The Morgan fingerprint density at radius 3 is 2.36 bits per heavy atom. The molecule has 0 spiro atoms. The average molecular weight is 397 g/mol. The van der Waals surface area contributed by atoms with Gasteiger partial charge in [0.2, 0.25) is 0 Å². The summed E-state index contributed by atoms with van der Waals surface area (Å²) in [4.78, 5) is 12.1. The molecule has 2 aromatic carbocycles. The number of nitrogens with zero attached hydrogens (tertiary/aromatic N) is 2. The van der Waals surface area contributed by atoms with Gasteiger partial charge in [-0.3, -0.25) is 4.79 Å². The molecule has 0 aliphatic rings. The molecule has 25 heavy (non-hydrogen) atoms. The van der Waals surface area contributed by atoms with Gasteiger partial charge in [-0.25, -0.2) is 0 Å². The Morgan fingerprint density at radius 2 is 1.68 bits per heavy atom. The van der Waals surface area contributed by atoms with Crippen molar-refractivity contribution in [3.05, 3.63) is 82.5 Å². The van der Waals surface area contributed by atoms with Crippen LogP contribution in [0.3, 0.4) is 0 Å². The first-order valence-corrected chi connectivity index (χ1v) is 8.68. The summed E-state index contributed by atoms with van der Waals surface area (Å²) in [7, 11) is 0. The number of nitrogens with one attached hydrogen (secondary N) is 2. The van der Waals surface area contributed by atoms with Crippen LogP contribution in [0.25, 0.3) is 0 Å². The number of carbonyl (C=O) groups is 1. The van der Waals surface area contributed by atoms with E-state index in [9.17, 15) is 4.79 Å². The van der Waals surface area contributed by atoms with Gasteiger partial charge in [0.25, 0.3) is 5.91 Å². The summed E-state index contributed by atoms with van der Waals surface area (Å²) in [6, 6.07) is 21.1. The molecule has 1 heterocycles. The van der Waals surface area contributed by atoms with Gasteiger partial charge in [-0.15, -0.1) is 10.2 Å². The smallest absolute Gasteiger partial charge is 0.271 e. The minimum atomic E-state index is -0.223. The number of aromatic nitrogens is 2. The third-order valence-corrected chi connectivity index (χ3v) is 4.08. The molecule has 0 saturated heterocycles. The Kier molecular flexibility index (Phi) is 5.74. The lowest BCUT2D eigenvalue weighted by atomic mass is 10.1. The van der Waals surface area contributed by atoms with Crippen LogP contribution in [0.2, 0.25) is 0 Å². The average Bonchev–Trinajstić information content (AvgIpc) is 2.65. The molecule has 5 nitrogen and oxygen atoms in total. The van der Waals surface area contributed by atoms with E-state index in [1.165, 1.54) is 5.56 Å². The third kappa shape index (κ3) is 5.12. The van der Waals surface area contributed by atoms with Crippen molar-refractivity contribution in [1.82, 2.24) is 15.5 Å². The zero-order valence-electron chi connectivity index (χ0n) is 13.4. The van der Waals surface area contributed by atoms with Gasteiger partial charge in [0, 0.05) is 16.7 Å². The normalized spacial score (nSPS) is 10.3. The lowest BCUT2D eigenvalue weighted by Gasteiger charge is -2.07. The standard InChI is InChI=1S/C19H17BrN4O/c20-15-6-8-16(9-7-15)22-18-11-10-17(23-24-18)19(25)21-13-12-14-4-2-1-3-5-14/h1-11H,12-13H2,(H,21,25)(H,22,24). The predicted octanol–water partition coefficient (Wildman–Crippen LogP) is 3.96. The molecule has 3 rings (SSSR count). The number of halogens is 1. The molecule has 1 amide bonds. The van der Waals surface area contributed by atoms with E-state index < -0.39 is 0 Å². The molecule has 0 aliphatic carbocycles. The molecule has 6 heteroatoms. The Bertz CT molecular complexity index is 820. The van der Waals surface area contributed by atoms with Crippen molar-refractivity contribution in [2.75, 3.05) is 11.9 Å². The Balaban J connectivity index is 1.52. The number of carbonyl (C=O) groups excluding carboxylic acids is 1. The predicted molar refractivity (Wildman–Crippen MR) is 102 cm³/mol. The van der Waals surface area contributed by atoms with Gasteiger partial charge in [-0.1, -0.05) is 46.3 Å². The second kappa shape index (κ2) is 8.39. The molecule has 0 bridgehead atoms. The Hall–Kier alpha value is -2.73. The number of hydrogen-bond donors (Lipinski definition) is 2. The highest BCUT2D eigenvalue weighted by atomic mass is 79.9. The van der Waals surface area contributed by atoms with Gasteiger partial charge in [-0.05, 0) is 48.4 Å². The summed E-state index contributed by atoms with van der Waals surface area (Å²) in [5.74, 6) is 0.363. The second-order valence-corrected chi connectivity index (χ2v) is 6.34. The summed E-state index contributed by atoms with van der Waals surface area (Å²) >= 11 is 3.39. The number of anilines is 2. The zero-order valence-corrected chi connectivity index (χ0v) is 15.0. The van der Waals surface area contributed by atoms with Crippen molar-refractivity contribution in [3.8, 4) is 0 Å². The zero-order chi connectivity index (χ0) is 17.5. The minimum Gasteiger partial charge on any atom is -0.350 e. The quantitative estimate of drug-likeness (QED) is 0.661. The van der Waals surface area contributed by atoms with Crippen LogP contribution >= 0.6 is 15.9 Å². The Labute approximate surface area is 154 Å². The molecule has 1 aromatic heterocycles. The molecule has 0 aliphatic heterocycles. The maximum absolute atomic E-state index is 12.1. The van der Waals surface area contributed by atoms with Crippen LogP contribution in [-0.2, 0) is 6.42 Å². The molecular formula is C19H17BrN4O. The SMILES string of the molecule is O=C(NCCc1ccccc1)c1ccc(Nc2ccc(Br)cc2)nn1. The third-order valence-electron chi connectivity index (χ3n) is 3.56. The van der Waals surface area contributed by atoms with Gasteiger partial charge in [0.1, 0.15) is 0 Å². The van der Waals surface area contributed by atoms with Gasteiger partial charge in [0.15, 0.2) is 11.5 Å². The van der Waals surface area contributed by atoms with Crippen molar-refractivity contribution in [2.24, 2.45) is 0 Å². The van der Waals surface area contributed by atoms with E-state index >= 15 is 0 Å². The molecule has 126 valence electrons. The van der Waals surface area contributed by atoms with E-state index in [0.717, 1.165) is 16.6 Å². The topological polar surface area (TPSA) is 66.9 Å². The highest BCUT2D eigenvalue weighted by Gasteiger charge is 2.07.